The highest BCUT2D eigenvalue weighted by molar-refractivity contribution is 7.89. The second kappa shape index (κ2) is 10.9. The first kappa shape index (κ1) is 27.6. The lowest BCUT2D eigenvalue weighted by Gasteiger charge is -2.43. The maximum Gasteiger partial charge on any atom is 0.356 e. The predicted molar refractivity (Wildman–Crippen MR) is 131 cm³/mol. The van der Waals surface area contributed by atoms with Crippen molar-refractivity contribution in [2.45, 2.75) is 27.6 Å². The van der Waals surface area contributed by atoms with Gasteiger partial charge in [0.15, 0.2) is 0 Å². The van der Waals surface area contributed by atoms with Crippen molar-refractivity contribution in [3.63, 3.8) is 0 Å². The minimum absolute atomic E-state index is 0.0624. The van der Waals surface area contributed by atoms with Crippen LogP contribution in [0.2, 0.25) is 15.1 Å². The first-order chi connectivity index (χ1) is 15.9. The first-order valence-corrected chi connectivity index (χ1v) is 12.9. The fraction of sp³-hybridized carbons (Fsp3) is 0.350. The van der Waals surface area contributed by atoms with E-state index in [1.165, 1.54) is 36.3 Å². The number of ether oxygens (including phenoxy) is 2. The van der Waals surface area contributed by atoms with Crippen LogP contribution >= 0.6 is 69.6 Å². The van der Waals surface area contributed by atoms with Crippen LogP contribution in [0.3, 0.4) is 0 Å². The second-order valence-corrected chi connectivity index (χ2v) is 12.4. The Hall–Kier alpha value is -1.000. The van der Waals surface area contributed by atoms with Gasteiger partial charge in [-0.2, -0.15) is 0 Å². The van der Waals surface area contributed by atoms with E-state index in [4.69, 9.17) is 74.3 Å². The number of methoxy groups -OCH3 is 1. The summed E-state index contributed by atoms with van der Waals surface area (Å²) in [6, 6.07) is 2.16. The standard InChI is InChI=1S/C20H15Cl6NO6S/c1-32-16(28)4-2-3-9-13-7-15(34(31)14-6-11(22)10(21)5-12(14)23)17(27(13)18(9)29)19(30)33-8-20(24,25)26/h2,4-6,9,13H,3,7-8H2,1H3. The predicted octanol–water partition coefficient (Wildman–Crippen LogP) is 5.23. The van der Waals surface area contributed by atoms with Gasteiger partial charge in [-0.15, -0.1) is 0 Å². The summed E-state index contributed by atoms with van der Waals surface area (Å²) < 4.78 is 21.2. The molecule has 1 aromatic carbocycles. The smallest absolute Gasteiger partial charge is 0.356 e. The maximum absolute atomic E-state index is 13.5. The molecular weight excluding hydrogens is 595 g/mol. The van der Waals surface area contributed by atoms with Gasteiger partial charge < -0.3 is 14.4 Å². The number of carbonyl (C=O) groups excluding carboxylic acids is 3. The molecular formula is C20H15Cl6NO6S. The summed E-state index contributed by atoms with van der Waals surface area (Å²) in [5.74, 6) is -2.52. The zero-order valence-electron chi connectivity index (χ0n) is 17.2. The Morgan fingerprint density at radius 3 is 2.44 bits per heavy atom. The fourth-order valence-electron chi connectivity index (χ4n) is 3.54. The van der Waals surface area contributed by atoms with Crippen LogP contribution in [0.4, 0.5) is 0 Å². The minimum atomic E-state index is -1.99. The molecule has 1 fully saturated rings. The molecule has 0 N–H and O–H groups in total. The summed E-state index contributed by atoms with van der Waals surface area (Å²) in [7, 11) is -0.760. The molecule has 14 heteroatoms. The van der Waals surface area contributed by atoms with Crippen LogP contribution in [-0.2, 0) is 34.7 Å². The molecule has 0 saturated carbocycles. The fourth-order valence-corrected chi connectivity index (χ4v) is 5.93. The van der Waals surface area contributed by atoms with Crippen LogP contribution in [0.25, 0.3) is 0 Å². The van der Waals surface area contributed by atoms with E-state index in [2.05, 4.69) is 4.74 Å². The molecule has 2 heterocycles. The SMILES string of the molecule is COC(=O)C=CCC1C(=O)N2C(C(=O)OCC(Cl)(Cl)Cl)=C(S(=O)c3cc(Cl)c(Cl)cc3Cl)CC12. The van der Waals surface area contributed by atoms with Gasteiger partial charge in [0.2, 0.25) is 9.70 Å². The van der Waals surface area contributed by atoms with Crippen LogP contribution in [0.15, 0.2) is 39.8 Å². The Balaban J connectivity index is 1.94. The van der Waals surface area contributed by atoms with E-state index in [1.54, 1.807) is 0 Å². The number of amides is 1. The number of allylic oxidation sites excluding steroid dienone is 1. The van der Waals surface area contributed by atoms with Crippen LogP contribution in [0, 0.1) is 5.92 Å². The van der Waals surface area contributed by atoms with E-state index in [0.717, 1.165) is 0 Å². The van der Waals surface area contributed by atoms with E-state index in [0.29, 0.717) is 0 Å². The van der Waals surface area contributed by atoms with E-state index in [1.807, 2.05) is 0 Å². The lowest BCUT2D eigenvalue weighted by atomic mass is 9.84. The van der Waals surface area contributed by atoms with Crippen LogP contribution < -0.4 is 0 Å². The van der Waals surface area contributed by atoms with Gasteiger partial charge in [0.25, 0.3) is 0 Å². The van der Waals surface area contributed by atoms with Gasteiger partial charge in [0, 0.05) is 12.5 Å². The van der Waals surface area contributed by atoms with Crippen LogP contribution in [-0.4, -0.2) is 50.5 Å². The summed E-state index contributed by atoms with van der Waals surface area (Å²) in [5, 5.41) is 0.331. The number of rotatable bonds is 7. The highest BCUT2D eigenvalue weighted by atomic mass is 35.6. The molecule has 3 rings (SSSR count). The molecule has 34 heavy (non-hydrogen) atoms. The summed E-state index contributed by atoms with van der Waals surface area (Å²) >= 11 is 35.2. The molecule has 0 aromatic heterocycles. The molecule has 0 spiro atoms. The lowest BCUT2D eigenvalue weighted by Crippen LogP contribution is -2.58. The average molecular weight is 610 g/mol. The largest absolute Gasteiger partial charge is 0.466 e. The molecule has 184 valence electrons. The van der Waals surface area contributed by atoms with Gasteiger partial charge in [-0.1, -0.05) is 75.7 Å². The van der Waals surface area contributed by atoms with Crippen molar-refractivity contribution < 1.29 is 28.1 Å². The maximum atomic E-state index is 13.5. The number of alkyl halides is 3. The van der Waals surface area contributed by atoms with Crippen LogP contribution in [0.1, 0.15) is 12.8 Å². The quantitative estimate of drug-likeness (QED) is 0.138. The first-order valence-electron chi connectivity index (χ1n) is 9.46. The second-order valence-electron chi connectivity index (χ2n) is 7.18. The van der Waals surface area contributed by atoms with Crippen molar-refractivity contribution >= 4 is 98.3 Å². The van der Waals surface area contributed by atoms with Crippen molar-refractivity contribution in [3.8, 4) is 0 Å². The molecule has 1 amide bonds. The van der Waals surface area contributed by atoms with E-state index in [9.17, 15) is 18.6 Å². The zero-order chi connectivity index (χ0) is 25.4. The van der Waals surface area contributed by atoms with Crippen molar-refractivity contribution in [2.24, 2.45) is 5.92 Å². The Bertz CT molecular complexity index is 1130. The Morgan fingerprint density at radius 1 is 1.18 bits per heavy atom. The minimum Gasteiger partial charge on any atom is -0.466 e. The Labute approximate surface area is 227 Å². The highest BCUT2D eigenvalue weighted by Crippen LogP contribution is 2.47. The van der Waals surface area contributed by atoms with Gasteiger partial charge in [-0.3, -0.25) is 4.79 Å². The molecule has 0 radical (unpaired) electrons. The summed E-state index contributed by atoms with van der Waals surface area (Å²) in [5.41, 5.74) is -0.210. The molecule has 3 unspecified atom stereocenters. The molecule has 0 aliphatic carbocycles. The number of esters is 2. The van der Waals surface area contributed by atoms with Crippen molar-refractivity contribution in [2.75, 3.05) is 13.7 Å². The van der Waals surface area contributed by atoms with Gasteiger partial charge in [0.05, 0.1) is 54.7 Å². The Kier molecular flexibility index (Phi) is 8.88. The van der Waals surface area contributed by atoms with Crippen molar-refractivity contribution in [1.29, 1.82) is 0 Å². The number of carbonyl (C=O) groups is 3. The van der Waals surface area contributed by atoms with E-state index < -0.39 is 51.0 Å². The lowest BCUT2D eigenvalue weighted by molar-refractivity contribution is -0.156. The number of β-lactam (4-membered cyclic amide) rings is 1. The van der Waals surface area contributed by atoms with Crippen molar-refractivity contribution in [3.05, 3.63) is 50.0 Å². The summed E-state index contributed by atoms with van der Waals surface area (Å²) in [6.45, 7) is -0.592. The van der Waals surface area contributed by atoms with E-state index >= 15 is 0 Å². The third-order valence-corrected chi connectivity index (χ3v) is 8.07. The number of hydrogen-bond acceptors (Lipinski definition) is 6. The molecule has 3 atom stereocenters. The number of halogens is 6. The van der Waals surface area contributed by atoms with Gasteiger partial charge in [-0.25, -0.2) is 13.8 Å². The van der Waals surface area contributed by atoms with Gasteiger partial charge >= 0.3 is 11.9 Å². The zero-order valence-corrected chi connectivity index (χ0v) is 22.5. The molecule has 7 nitrogen and oxygen atoms in total. The molecule has 0 bridgehead atoms. The third kappa shape index (κ3) is 5.86. The molecule has 1 aromatic rings. The summed E-state index contributed by atoms with van der Waals surface area (Å²) in [4.78, 5) is 38.5. The third-order valence-electron chi connectivity index (χ3n) is 5.05. The Morgan fingerprint density at radius 2 is 1.82 bits per heavy atom. The number of hydrogen-bond donors (Lipinski definition) is 0. The topological polar surface area (TPSA) is 90.0 Å². The summed E-state index contributed by atoms with van der Waals surface area (Å²) in [6.07, 6.45) is 2.99. The monoisotopic (exact) mass is 607 g/mol. The molecule has 2 aliphatic heterocycles. The van der Waals surface area contributed by atoms with Gasteiger partial charge in [0.1, 0.15) is 12.3 Å². The highest BCUT2D eigenvalue weighted by Gasteiger charge is 2.56. The normalized spacial score (nSPS) is 20.9. The number of benzene rings is 1. The van der Waals surface area contributed by atoms with E-state index in [-0.39, 0.29) is 43.4 Å². The van der Waals surface area contributed by atoms with Gasteiger partial charge in [-0.05, 0) is 18.6 Å². The number of fused-ring (bicyclic) bond motifs is 1. The van der Waals surface area contributed by atoms with Crippen molar-refractivity contribution in [1.82, 2.24) is 4.90 Å². The molecule has 2 aliphatic rings. The molecule has 1 saturated heterocycles. The van der Waals surface area contributed by atoms with Crippen LogP contribution in [0.5, 0.6) is 0 Å². The number of nitrogens with zero attached hydrogens (tertiary/aromatic N) is 1. The average Bonchev–Trinajstić information content (AvgIpc) is 3.12.